The van der Waals surface area contributed by atoms with E-state index in [1.54, 1.807) is 17.1 Å². The van der Waals surface area contributed by atoms with Crippen molar-refractivity contribution in [1.29, 1.82) is 0 Å². The Morgan fingerprint density at radius 3 is 2.48 bits per heavy atom. The van der Waals surface area contributed by atoms with E-state index in [-0.39, 0.29) is 0 Å². The molecule has 1 aliphatic heterocycles. The summed E-state index contributed by atoms with van der Waals surface area (Å²) in [6, 6.07) is 14.3. The van der Waals surface area contributed by atoms with E-state index in [9.17, 15) is 5.11 Å². The Morgan fingerprint density at radius 1 is 1.00 bits per heavy atom. The summed E-state index contributed by atoms with van der Waals surface area (Å²) in [5.41, 5.74) is 4.50. The summed E-state index contributed by atoms with van der Waals surface area (Å²) in [7, 11) is 0. The van der Waals surface area contributed by atoms with Crippen molar-refractivity contribution in [2.45, 2.75) is 26.4 Å². The van der Waals surface area contributed by atoms with E-state index >= 15 is 0 Å². The highest BCUT2D eigenvalue weighted by Crippen LogP contribution is 2.24. The van der Waals surface area contributed by atoms with Gasteiger partial charge in [0.15, 0.2) is 5.82 Å². The summed E-state index contributed by atoms with van der Waals surface area (Å²) >= 11 is 0. The van der Waals surface area contributed by atoms with Gasteiger partial charge in [-0.15, -0.1) is 0 Å². The summed E-state index contributed by atoms with van der Waals surface area (Å²) in [4.78, 5) is 9.25. The quantitative estimate of drug-likeness (QED) is 0.700. The molecule has 0 radical (unpaired) electrons. The van der Waals surface area contributed by atoms with E-state index in [0.29, 0.717) is 6.42 Å². The molecule has 6 heteroatoms. The number of para-hydroxylation sites is 1. The second kappa shape index (κ2) is 8.76. The van der Waals surface area contributed by atoms with Crippen molar-refractivity contribution >= 4 is 5.69 Å². The number of anilines is 1. The van der Waals surface area contributed by atoms with Crippen molar-refractivity contribution in [3.63, 3.8) is 0 Å². The van der Waals surface area contributed by atoms with Crippen LogP contribution in [0.5, 0.6) is 0 Å². The van der Waals surface area contributed by atoms with Gasteiger partial charge in [0.2, 0.25) is 0 Å². The van der Waals surface area contributed by atoms with E-state index in [1.807, 2.05) is 25.1 Å². The van der Waals surface area contributed by atoms with Gasteiger partial charge in [-0.3, -0.25) is 4.90 Å². The molecule has 1 N–H and O–H groups in total. The zero-order valence-corrected chi connectivity index (χ0v) is 17.2. The fourth-order valence-electron chi connectivity index (χ4n) is 4.05. The third-order valence-corrected chi connectivity index (χ3v) is 5.82. The molecule has 3 heterocycles. The molecule has 152 valence electrons. The zero-order valence-electron chi connectivity index (χ0n) is 17.2. The van der Waals surface area contributed by atoms with Crippen LogP contribution in [0.3, 0.4) is 0 Å². The maximum atomic E-state index is 10.7. The number of hydrogen-bond acceptors (Lipinski definition) is 5. The number of rotatable bonds is 6. The molecular weight excluding hydrogens is 362 g/mol. The van der Waals surface area contributed by atoms with Crippen LogP contribution in [0.15, 0.2) is 54.9 Å². The number of aromatic nitrogens is 3. The molecule has 0 bridgehead atoms. The molecule has 1 aliphatic rings. The van der Waals surface area contributed by atoms with Crippen LogP contribution in [0.25, 0.3) is 5.82 Å². The molecule has 0 amide bonds. The second-order valence-corrected chi connectivity index (χ2v) is 7.70. The first-order valence-electron chi connectivity index (χ1n) is 10.3. The van der Waals surface area contributed by atoms with E-state index < -0.39 is 6.10 Å². The van der Waals surface area contributed by atoms with Gasteiger partial charge in [0.05, 0.1) is 12.3 Å². The first kappa shape index (κ1) is 19.6. The largest absolute Gasteiger partial charge is 0.388 e. The Hall–Kier alpha value is -2.70. The van der Waals surface area contributed by atoms with E-state index in [4.69, 9.17) is 0 Å². The van der Waals surface area contributed by atoms with Crippen LogP contribution < -0.4 is 4.90 Å². The highest BCUT2D eigenvalue weighted by molar-refractivity contribution is 5.53. The number of aryl methyl sites for hydroxylation is 1. The number of nitrogens with zero attached hydrogens (tertiary/aromatic N) is 5. The highest BCUT2D eigenvalue weighted by Gasteiger charge is 2.21. The predicted molar refractivity (Wildman–Crippen MR) is 116 cm³/mol. The standard InChI is InChI=1S/C23H29N5O/c1-18-7-3-4-8-21(18)27-15-13-26(14-16-27)12-10-22(29)20-17-25-28(19(20)2)23-9-5-6-11-24-23/h3-9,11,17,22,29H,10,12-16H2,1-2H3. The molecule has 3 aromatic rings. The van der Waals surface area contributed by atoms with Crippen LogP contribution in [0.2, 0.25) is 0 Å². The van der Waals surface area contributed by atoms with Crippen molar-refractivity contribution in [3.05, 3.63) is 71.7 Å². The minimum absolute atomic E-state index is 0.512. The third-order valence-electron chi connectivity index (χ3n) is 5.82. The highest BCUT2D eigenvalue weighted by atomic mass is 16.3. The zero-order chi connectivity index (χ0) is 20.2. The normalized spacial score (nSPS) is 16.2. The summed E-state index contributed by atoms with van der Waals surface area (Å²) in [5, 5.41) is 15.2. The van der Waals surface area contributed by atoms with Crippen molar-refractivity contribution < 1.29 is 5.11 Å². The van der Waals surface area contributed by atoms with Gasteiger partial charge in [0, 0.05) is 55.9 Å². The van der Waals surface area contributed by atoms with Gasteiger partial charge in [-0.2, -0.15) is 5.10 Å². The first-order valence-corrected chi connectivity index (χ1v) is 10.3. The smallest absolute Gasteiger partial charge is 0.153 e. The van der Waals surface area contributed by atoms with Gasteiger partial charge in [0.25, 0.3) is 0 Å². The lowest BCUT2D eigenvalue weighted by Gasteiger charge is -2.37. The summed E-state index contributed by atoms with van der Waals surface area (Å²) in [5.74, 6) is 0.774. The molecule has 1 saturated heterocycles. The molecule has 1 fully saturated rings. The van der Waals surface area contributed by atoms with Gasteiger partial charge >= 0.3 is 0 Å². The summed E-state index contributed by atoms with van der Waals surface area (Å²) in [6.07, 6.45) is 3.72. The molecular formula is C23H29N5O. The first-order chi connectivity index (χ1) is 14.1. The fraction of sp³-hybridized carbons (Fsp3) is 0.391. The van der Waals surface area contributed by atoms with E-state index in [1.165, 1.54) is 11.3 Å². The minimum Gasteiger partial charge on any atom is -0.388 e. The molecule has 4 rings (SSSR count). The summed E-state index contributed by atoms with van der Waals surface area (Å²) in [6.45, 7) is 9.14. The van der Waals surface area contributed by atoms with Gasteiger partial charge in [-0.25, -0.2) is 9.67 Å². The van der Waals surface area contributed by atoms with E-state index in [2.05, 4.69) is 51.1 Å². The Morgan fingerprint density at radius 2 is 1.76 bits per heavy atom. The Bertz CT molecular complexity index is 931. The Labute approximate surface area is 172 Å². The number of aliphatic hydroxyl groups is 1. The van der Waals surface area contributed by atoms with Gasteiger partial charge in [-0.1, -0.05) is 24.3 Å². The van der Waals surface area contributed by atoms with Crippen LogP contribution in [0.1, 0.15) is 29.3 Å². The fourth-order valence-corrected chi connectivity index (χ4v) is 4.05. The molecule has 6 nitrogen and oxygen atoms in total. The van der Waals surface area contributed by atoms with Crippen molar-refractivity contribution in [3.8, 4) is 5.82 Å². The molecule has 1 atom stereocenters. The van der Waals surface area contributed by atoms with Crippen LogP contribution in [-0.2, 0) is 0 Å². The predicted octanol–water partition coefficient (Wildman–Crippen LogP) is 3.13. The van der Waals surface area contributed by atoms with Crippen molar-refractivity contribution in [2.24, 2.45) is 0 Å². The SMILES string of the molecule is Cc1ccccc1N1CCN(CCC(O)c2cnn(-c3ccccn3)c2C)CC1. The maximum absolute atomic E-state index is 10.7. The average molecular weight is 392 g/mol. The number of piperazine rings is 1. The number of benzene rings is 1. The lowest BCUT2D eigenvalue weighted by molar-refractivity contribution is 0.139. The second-order valence-electron chi connectivity index (χ2n) is 7.70. The number of pyridine rings is 1. The Balaban J connectivity index is 1.31. The third kappa shape index (κ3) is 4.33. The van der Waals surface area contributed by atoms with Gasteiger partial charge < -0.3 is 10.0 Å². The summed E-state index contributed by atoms with van der Waals surface area (Å²) < 4.78 is 1.79. The van der Waals surface area contributed by atoms with E-state index in [0.717, 1.165) is 49.8 Å². The van der Waals surface area contributed by atoms with Gasteiger partial charge in [-0.05, 0) is 44.0 Å². The minimum atomic E-state index is -0.512. The maximum Gasteiger partial charge on any atom is 0.153 e. The van der Waals surface area contributed by atoms with Crippen LogP contribution in [0.4, 0.5) is 5.69 Å². The van der Waals surface area contributed by atoms with Crippen molar-refractivity contribution in [1.82, 2.24) is 19.7 Å². The molecule has 0 aliphatic carbocycles. The van der Waals surface area contributed by atoms with Crippen LogP contribution >= 0.6 is 0 Å². The lowest BCUT2D eigenvalue weighted by atomic mass is 10.1. The molecule has 1 unspecified atom stereocenters. The molecule has 29 heavy (non-hydrogen) atoms. The lowest BCUT2D eigenvalue weighted by Crippen LogP contribution is -2.47. The van der Waals surface area contributed by atoms with Gasteiger partial charge in [0.1, 0.15) is 0 Å². The molecule has 0 spiro atoms. The van der Waals surface area contributed by atoms with Crippen LogP contribution in [-0.4, -0.2) is 57.5 Å². The topological polar surface area (TPSA) is 57.4 Å². The molecule has 0 saturated carbocycles. The molecule has 1 aromatic carbocycles. The monoisotopic (exact) mass is 391 g/mol. The number of hydrogen-bond donors (Lipinski definition) is 1. The van der Waals surface area contributed by atoms with Crippen LogP contribution in [0, 0.1) is 13.8 Å². The average Bonchev–Trinajstić information content (AvgIpc) is 3.15. The molecule has 2 aromatic heterocycles. The Kier molecular flexibility index (Phi) is 5.92. The number of aliphatic hydroxyl groups excluding tert-OH is 1. The van der Waals surface area contributed by atoms with Crippen molar-refractivity contribution in [2.75, 3.05) is 37.6 Å².